The van der Waals surface area contributed by atoms with Crippen LogP contribution in [0.4, 0.5) is 24.5 Å². The summed E-state index contributed by atoms with van der Waals surface area (Å²) in [6, 6.07) is 2.31. The van der Waals surface area contributed by atoms with Crippen molar-refractivity contribution in [2.45, 2.75) is 19.5 Å². The summed E-state index contributed by atoms with van der Waals surface area (Å²) in [5, 5.41) is 20.3. The largest absolute Gasteiger partial charge is 0.481 e. The maximum Gasteiger partial charge on any atom is 0.416 e. The zero-order valence-corrected chi connectivity index (χ0v) is 12.2. The van der Waals surface area contributed by atoms with Crippen molar-refractivity contribution in [1.29, 1.82) is 0 Å². The van der Waals surface area contributed by atoms with E-state index in [1.807, 2.05) is 0 Å². The first-order valence-corrected chi connectivity index (χ1v) is 6.93. The molecule has 0 aliphatic carbocycles. The van der Waals surface area contributed by atoms with Crippen LogP contribution in [0.2, 0.25) is 0 Å². The first kappa shape index (κ1) is 17.0. The summed E-state index contributed by atoms with van der Waals surface area (Å²) >= 11 is 0. The molecule has 0 saturated carbocycles. The molecule has 1 aromatic rings. The van der Waals surface area contributed by atoms with Gasteiger partial charge in [0.2, 0.25) is 0 Å². The molecule has 1 N–H and O–H groups in total. The van der Waals surface area contributed by atoms with Gasteiger partial charge in [-0.15, -0.1) is 0 Å². The fourth-order valence-electron chi connectivity index (χ4n) is 2.84. The fourth-order valence-corrected chi connectivity index (χ4v) is 2.84. The Bertz CT molecular complexity index is 633. The highest BCUT2D eigenvalue weighted by Crippen LogP contribution is 2.38. The third-order valence-electron chi connectivity index (χ3n) is 3.85. The summed E-state index contributed by atoms with van der Waals surface area (Å²) < 4.78 is 38.2. The summed E-state index contributed by atoms with van der Waals surface area (Å²) in [5.41, 5.74) is -1.76. The van der Waals surface area contributed by atoms with Gasteiger partial charge in [0.1, 0.15) is 5.69 Å². The monoisotopic (exact) mass is 332 g/mol. The number of carboxylic acid groups (broad SMARTS) is 1. The number of benzene rings is 1. The number of aliphatic carboxylic acids is 1. The SMILES string of the molecule is CC1CC(C(=O)O)CN(c2ccc(C(F)(F)F)cc2[N+](=O)[O-])C1. The first-order chi connectivity index (χ1) is 10.6. The average molecular weight is 332 g/mol. The molecule has 2 rings (SSSR count). The standard InChI is InChI=1S/C14H15F3N2O4/c1-8-4-9(13(20)21)7-18(6-8)11-3-2-10(14(15,16)17)5-12(11)19(22)23/h2-3,5,8-9H,4,6-7H2,1H3,(H,20,21). The lowest BCUT2D eigenvalue weighted by molar-refractivity contribution is -0.384. The number of nitro benzene ring substituents is 1. The molecular weight excluding hydrogens is 317 g/mol. The van der Waals surface area contributed by atoms with Gasteiger partial charge in [0.15, 0.2) is 0 Å². The second-order valence-corrected chi connectivity index (χ2v) is 5.74. The molecule has 0 radical (unpaired) electrons. The van der Waals surface area contributed by atoms with Crippen molar-refractivity contribution < 1.29 is 28.0 Å². The summed E-state index contributed by atoms with van der Waals surface area (Å²) in [6.45, 7) is 2.19. The lowest BCUT2D eigenvalue weighted by Crippen LogP contribution is -2.42. The minimum atomic E-state index is -4.68. The maximum atomic E-state index is 12.7. The van der Waals surface area contributed by atoms with Crippen molar-refractivity contribution in [2.24, 2.45) is 11.8 Å². The van der Waals surface area contributed by atoms with E-state index in [9.17, 15) is 28.1 Å². The normalized spacial score (nSPS) is 22.0. The number of carboxylic acids is 1. The number of hydrogen-bond donors (Lipinski definition) is 1. The van der Waals surface area contributed by atoms with Crippen molar-refractivity contribution in [3.8, 4) is 0 Å². The molecule has 0 aromatic heterocycles. The summed E-state index contributed by atoms with van der Waals surface area (Å²) in [6.07, 6.45) is -4.25. The fraction of sp³-hybridized carbons (Fsp3) is 0.500. The first-order valence-electron chi connectivity index (χ1n) is 6.93. The molecule has 1 aliphatic rings. The van der Waals surface area contributed by atoms with E-state index in [1.54, 1.807) is 6.92 Å². The lowest BCUT2D eigenvalue weighted by Gasteiger charge is -2.36. The van der Waals surface area contributed by atoms with E-state index < -0.39 is 34.2 Å². The Labute approximate surface area is 129 Å². The van der Waals surface area contributed by atoms with Crippen molar-refractivity contribution in [1.82, 2.24) is 0 Å². The van der Waals surface area contributed by atoms with Gasteiger partial charge >= 0.3 is 12.1 Å². The van der Waals surface area contributed by atoms with Crippen LogP contribution in [0, 0.1) is 22.0 Å². The Morgan fingerprint density at radius 2 is 2.04 bits per heavy atom. The molecule has 2 atom stereocenters. The molecule has 0 amide bonds. The van der Waals surface area contributed by atoms with Gasteiger partial charge in [-0.3, -0.25) is 14.9 Å². The molecule has 1 heterocycles. The quantitative estimate of drug-likeness (QED) is 0.679. The summed E-state index contributed by atoms with van der Waals surface area (Å²) in [4.78, 5) is 22.9. The van der Waals surface area contributed by atoms with Crippen molar-refractivity contribution >= 4 is 17.3 Å². The van der Waals surface area contributed by atoms with Gasteiger partial charge in [0.25, 0.3) is 5.69 Å². The van der Waals surface area contributed by atoms with Crippen molar-refractivity contribution in [3.05, 3.63) is 33.9 Å². The molecular formula is C14H15F3N2O4. The molecule has 0 spiro atoms. The summed E-state index contributed by atoms with van der Waals surface area (Å²) in [5.74, 6) is -1.76. The lowest BCUT2D eigenvalue weighted by atomic mass is 9.90. The topological polar surface area (TPSA) is 83.7 Å². The van der Waals surface area contributed by atoms with Gasteiger partial charge in [-0.2, -0.15) is 13.2 Å². The second kappa shape index (κ2) is 6.05. The molecule has 2 unspecified atom stereocenters. The van der Waals surface area contributed by atoms with E-state index >= 15 is 0 Å². The zero-order valence-electron chi connectivity index (χ0n) is 12.2. The maximum absolute atomic E-state index is 12.7. The van der Waals surface area contributed by atoms with E-state index in [-0.39, 0.29) is 18.2 Å². The van der Waals surface area contributed by atoms with E-state index in [0.29, 0.717) is 19.0 Å². The Morgan fingerprint density at radius 3 is 2.57 bits per heavy atom. The van der Waals surface area contributed by atoms with Crippen LogP contribution < -0.4 is 4.90 Å². The number of nitrogens with zero attached hydrogens (tertiary/aromatic N) is 2. The average Bonchev–Trinajstić information content (AvgIpc) is 2.44. The number of anilines is 1. The van der Waals surface area contributed by atoms with Gasteiger partial charge in [0, 0.05) is 19.2 Å². The van der Waals surface area contributed by atoms with Gasteiger partial charge < -0.3 is 10.0 Å². The van der Waals surface area contributed by atoms with Crippen LogP contribution >= 0.6 is 0 Å². The Morgan fingerprint density at radius 1 is 1.39 bits per heavy atom. The van der Waals surface area contributed by atoms with E-state index in [4.69, 9.17) is 5.11 Å². The van der Waals surface area contributed by atoms with Crippen LogP contribution in [0.25, 0.3) is 0 Å². The van der Waals surface area contributed by atoms with Gasteiger partial charge in [-0.25, -0.2) is 0 Å². The number of nitro groups is 1. The molecule has 6 nitrogen and oxygen atoms in total. The van der Waals surface area contributed by atoms with Crippen LogP contribution in [0.15, 0.2) is 18.2 Å². The van der Waals surface area contributed by atoms with E-state index in [1.165, 1.54) is 4.90 Å². The van der Waals surface area contributed by atoms with Crippen molar-refractivity contribution in [3.63, 3.8) is 0 Å². The highest BCUT2D eigenvalue weighted by Gasteiger charge is 2.36. The van der Waals surface area contributed by atoms with E-state index in [0.717, 1.165) is 12.1 Å². The molecule has 1 fully saturated rings. The third-order valence-corrected chi connectivity index (χ3v) is 3.85. The van der Waals surface area contributed by atoms with Gasteiger partial charge in [-0.1, -0.05) is 6.92 Å². The second-order valence-electron chi connectivity index (χ2n) is 5.74. The van der Waals surface area contributed by atoms with Crippen LogP contribution in [0.5, 0.6) is 0 Å². The Balaban J connectivity index is 2.42. The van der Waals surface area contributed by atoms with E-state index in [2.05, 4.69) is 0 Å². The third kappa shape index (κ3) is 3.72. The number of piperidine rings is 1. The number of halogens is 3. The number of carbonyl (C=O) groups is 1. The zero-order chi connectivity index (χ0) is 17.4. The highest BCUT2D eigenvalue weighted by molar-refractivity contribution is 5.72. The molecule has 1 aromatic carbocycles. The molecule has 23 heavy (non-hydrogen) atoms. The molecule has 1 aliphatic heterocycles. The smallest absolute Gasteiger partial charge is 0.416 e. The number of hydrogen-bond acceptors (Lipinski definition) is 4. The number of rotatable bonds is 3. The minimum absolute atomic E-state index is 0.0146. The van der Waals surface area contributed by atoms with Crippen LogP contribution in [-0.2, 0) is 11.0 Å². The molecule has 126 valence electrons. The Hall–Kier alpha value is -2.32. The minimum Gasteiger partial charge on any atom is -0.481 e. The molecule has 9 heteroatoms. The number of alkyl halides is 3. The Kier molecular flexibility index (Phi) is 4.49. The predicted molar refractivity (Wildman–Crippen MR) is 75.2 cm³/mol. The predicted octanol–water partition coefficient (Wildman–Crippen LogP) is 3.16. The molecule has 1 saturated heterocycles. The van der Waals surface area contributed by atoms with Crippen molar-refractivity contribution in [2.75, 3.05) is 18.0 Å². The van der Waals surface area contributed by atoms with Gasteiger partial charge in [0.05, 0.1) is 16.4 Å². The van der Waals surface area contributed by atoms with Crippen LogP contribution in [0.1, 0.15) is 18.9 Å². The highest BCUT2D eigenvalue weighted by atomic mass is 19.4. The van der Waals surface area contributed by atoms with Crippen LogP contribution in [0.3, 0.4) is 0 Å². The van der Waals surface area contributed by atoms with Crippen LogP contribution in [-0.4, -0.2) is 29.1 Å². The summed E-state index contributed by atoms with van der Waals surface area (Å²) in [7, 11) is 0. The van der Waals surface area contributed by atoms with Gasteiger partial charge in [-0.05, 0) is 24.5 Å². The molecule has 0 bridgehead atoms.